The van der Waals surface area contributed by atoms with Gasteiger partial charge in [0.15, 0.2) is 5.69 Å². The van der Waals surface area contributed by atoms with Crippen LogP contribution in [0.25, 0.3) is 0 Å². The average Bonchev–Trinajstić information content (AvgIpc) is 3.02. The second-order valence-corrected chi connectivity index (χ2v) is 6.10. The summed E-state index contributed by atoms with van der Waals surface area (Å²) in [6.07, 6.45) is -2.39. The lowest BCUT2D eigenvalue weighted by Crippen LogP contribution is -2.34. The summed E-state index contributed by atoms with van der Waals surface area (Å²) < 4.78 is 43.6. The number of oxazole rings is 1. The molecule has 134 valence electrons. The Hall–Kier alpha value is -2.51. The molecular formula is C17H17F3N2O3. The van der Waals surface area contributed by atoms with E-state index in [2.05, 4.69) is 17.1 Å². The molecule has 5 nitrogen and oxygen atoms in total. The zero-order chi connectivity index (χ0) is 18.0. The summed E-state index contributed by atoms with van der Waals surface area (Å²) in [7, 11) is 0. The van der Waals surface area contributed by atoms with Gasteiger partial charge >= 0.3 is 12.1 Å². The number of hydrogen-bond acceptors (Lipinski definition) is 4. The topological polar surface area (TPSA) is 66.6 Å². The van der Waals surface area contributed by atoms with Crippen molar-refractivity contribution in [1.82, 2.24) is 4.98 Å². The highest BCUT2D eigenvalue weighted by Crippen LogP contribution is 2.35. The molecule has 0 aliphatic carbocycles. The maximum atomic E-state index is 12.9. The lowest BCUT2D eigenvalue weighted by atomic mass is 9.90. The van der Waals surface area contributed by atoms with Crippen LogP contribution in [0.1, 0.15) is 34.7 Å². The smallest absolute Gasteiger partial charge is 0.437 e. The number of alkyl halides is 3. The van der Waals surface area contributed by atoms with E-state index in [1.807, 2.05) is 18.2 Å². The normalized spacial score (nSPS) is 16.2. The molecule has 3 rings (SSSR count). The Balaban J connectivity index is 1.68. The summed E-state index contributed by atoms with van der Waals surface area (Å²) in [6.45, 7) is 0.961. The number of piperidine rings is 1. The van der Waals surface area contributed by atoms with Crippen LogP contribution in [0.4, 0.5) is 19.2 Å². The quantitative estimate of drug-likeness (QED) is 0.903. The number of hydrogen-bond donors (Lipinski definition) is 1. The van der Waals surface area contributed by atoms with E-state index in [9.17, 15) is 18.0 Å². The molecule has 1 aliphatic rings. The van der Waals surface area contributed by atoms with Crippen molar-refractivity contribution < 1.29 is 27.5 Å². The SMILES string of the molecule is O=C(O)c1oc(N2CCC(Cc3ccccc3)CC2)nc1C(F)(F)F. The predicted octanol–water partition coefficient (Wildman–Crippen LogP) is 3.85. The number of anilines is 1. The van der Waals surface area contributed by atoms with Crippen molar-refractivity contribution in [3.05, 3.63) is 47.3 Å². The summed E-state index contributed by atoms with van der Waals surface area (Å²) in [5, 5.41) is 8.89. The fourth-order valence-electron chi connectivity index (χ4n) is 3.06. The number of aromatic carboxylic acids is 1. The van der Waals surface area contributed by atoms with Gasteiger partial charge < -0.3 is 14.4 Å². The molecule has 2 aromatic rings. The largest absolute Gasteiger partial charge is 0.475 e. The van der Waals surface area contributed by atoms with E-state index < -0.39 is 23.6 Å². The summed E-state index contributed by atoms with van der Waals surface area (Å²) >= 11 is 0. The van der Waals surface area contributed by atoms with Crippen molar-refractivity contribution in [3.8, 4) is 0 Å². The third-order valence-electron chi connectivity index (χ3n) is 4.33. The van der Waals surface area contributed by atoms with Crippen LogP contribution >= 0.6 is 0 Å². The average molecular weight is 354 g/mol. The van der Waals surface area contributed by atoms with Crippen LogP contribution in [-0.4, -0.2) is 29.1 Å². The van der Waals surface area contributed by atoms with E-state index in [-0.39, 0.29) is 6.01 Å². The highest BCUT2D eigenvalue weighted by Gasteiger charge is 2.42. The second kappa shape index (κ2) is 6.78. The number of carboxylic acids is 1. The first-order chi connectivity index (χ1) is 11.8. The standard InChI is InChI=1S/C17H17F3N2O3/c18-17(19,20)14-13(15(23)24)25-16(21-14)22-8-6-12(7-9-22)10-11-4-2-1-3-5-11/h1-5,12H,6-10H2,(H,23,24). The molecule has 2 heterocycles. The third kappa shape index (κ3) is 3.94. The predicted molar refractivity (Wildman–Crippen MR) is 83.5 cm³/mol. The van der Waals surface area contributed by atoms with Gasteiger partial charge in [-0.15, -0.1) is 0 Å². The number of rotatable bonds is 4. The highest BCUT2D eigenvalue weighted by molar-refractivity contribution is 5.86. The third-order valence-corrected chi connectivity index (χ3v) is 4.33. The molecule has 0 spiro atoms. The van der Waals surface area contributed by atoms with E-state index >= 15 is 0 Å². The summed E-state index contributed by atoms with van der Waals surface area (Å²) in [5.41, 5.74) is -0.258. The Bertz CT molecular complexity index is 735. The van der Waals surface area contributed by atoms with E-state index in [4.69, 9.17) is 9.52 Å². The molecule has 0 radical (unpaired) electrons. The van der Waals surface area contributed by atoms with Crippen LogP contribution in [0.2, 0.25) is 0 Å². The van der Waals surface area contributed by atoms with Crippen molar-refractivity contribution in [1.29, 1.82) is 0 Å². The van der Waals surface area contributed by atoms with Crippen LogP contribution in [-0.2, 0) is 12.6 Å². The van der Waals surface area contributed by atoms with Gasteiger partial charge in [-0.1, -0.05) is 30.3 Å². The Morgan fingerprint density at radius 1 is 1.24 bits per heavy atom. The van der Waals surface area contributed by atoms with Crippen molar-refractivity contribution in [3.63, 3.8) is 0 Å². The highest BCUT2D eigenvalue weighted by atomic mass is 19.4. The minimum absolute atomic E-state index is 0.275. The molecular weight excluding hydrogens is 337 g/mol. The molecule has 1 aromatic heterocycles. The minimum atomic E-state index is -4.86. The van der Waals surface area contributed by atoms with Gasteiger partial charge in [-0.25, -0.2) is 4.79 Å². The van der Waals surface area contributed by atoms with E-state index in [0.29, 0.717) is 19.0 Å². The first-order valence-electron chi connectivity index (χ1n) is 7.95. The van der Waals surface area contributed by atoms with Gasteiger partial charge in [0.05, 0.1) is 0 Å². The number of halogens is 3. The Labute approximate surface area is 142 Å². The van der Waals surface area contributed by atoms with Gasteiger partial charge in [-0.05, 0) is 30.7 Å². The Morgan fingerprint density at radius 2 is 1.88 bits per heavy atom. The zero-order valence-corrected chi connectivity index (χ0v) is 13.3. The summed E-state index contributed by atoms with van der Waals surface area (Å²) in [4.78, 5) is 15.9. The summed E-state index contributed by atoms with van der Waals surface area (Å²) in [6, 6.07) is 9.73. The molecule has 25 heavy (non-hydrogen) atoms. The van der Waals surface area contributed by atoms with Crippen LogP contribution in [0.15, 0.2) is 34.7 Å². The van der Waals surface area contributed by atoms with Gasteiger partial charge in [-0.2, -0.15) is 18.2 Å². The van der Waals surface area contributed by atoms with Crippen LogP contribution in [0, 0.1) is 5.92 Å². The van der Waals surface area contributed by atoms with Crippen molar-refractivity contribution in [2.75, 3.05) is 18.0 Å². The first-order valence-corrected chi connectivity index (χ1v) is 7.95. The second-order valence-electron chi connectivity index (χ2n) is 6.10. The maximum Gasteiger partial charge on any atom is 0.437 e. The van der Waals surface area contributed by atoms with Gasteiger partial charge in [0.1, 0.15) is 0 Å². The zero-order valence-electron chi connectivity index (χ0n) is 13.3. The fraction of sp³-hybridized carbons (Fsp3) is 0.412. The Morgan fingerprint density at radius 3 is 2.40 bits per heavy atom. The van der Waals surface area contributed by atoms with Crippen LogP contribution < -0.4 is 4.90 Å². The molecule has 1 saturated heterocycles. The van der Waals surface area contributed by atoms with Gasteiger partial charge in [-0.3, -0.25) is 0 Å². The first kappa shape index (κ1) is 17.3. The lowest BCUT2D eigenvalue weighted by molar-refractivity contribution is -0.141. The molecule has 0 saturated carbocycles. The van der Waals surface area contributed by atoms with Gasteiger partial charge in [0, 0.05) is 13.1 Å². The minimum Gasteiger partial charge on any atom is -0.475 e. The Kier molecular flexibility index (Phi) is 4.69. The molecule has 1 N–H and O–H groups in total. The maximum absolute atomic E-state index is 12.9. The van der Waals surface area contributed by atoms with Crippen molar-refractivity contribution >= 4 is 12.0 Å². The summed E-state index contributed by atoms with van der Waals surface area (Å²) in [5.74, 6) is -2.51. The van der Waals surface area contributed by atoms with E-state index in [1.54, 1.807) is 4.90 Å². The molecule has 0 amide bonds. The molecule has 8 heteroatoms. The fourth-order valence-corrected chi connectivity index (χ4v) is 3.06. The number of carbonyl (C=O) groups is 1. The van der Waals surface area contributed by atoms with E-state index in [1.165, 1.54) is 5.56 Å². The van der Waals surface area contributed by atoms with Crippen molar-refractivity contribution in [2.45, 2.75) is 25.4 Å². The van der Waals surface area contributed by atoms with E-state index in [0.717, 1.165) is 19.3 Å². The van der Waals surface area contributed by atoms with Gasteiger partial charge in [0.25, 0.3) is 6.01 Å². The molecule has 0 unspecified atom stereocenters. The van der Waals surface area contributed by atoms with Crippen LogP contribution in [0.3, 0.4) is 0 Å². The lowest BCUT2D eigenvalue weighted by Gasteiger charge is -2.30. The molecule has 0 atom stereocenters. The molecule has 1 aromatic carbocycles. The molecule has 1 fully saturated rings. The molecule has 0 bridgehead atoms. The monoisotopic (exact) mass is 354 g/mol. The number of nitrogens with zero attached hydrogens (tertiary/aromatic N) is 2. The number of aromatic nitrogens is 1. The van der Waals surface area contributed by atoms with Crippen LogP contribution in [0.5, 0.6) is 0 Å². The number of benzene rings is 1. The molecule has 1 aliphatic heterocycles. The number of carboxylic acid groups (broad SMARTS) is 1. The van der Waals surface area contributed by atoms with Crippen molar-refractivity contribution in [2.24, 2.45) is 5.92 Å². The van der Waals surface area contributed by atoms with Gasteiger partial charge in [0.2, 0.25) is 5.76 Å².